The molecule has 1 saturated heterocycles. The van der Waals surface area contributed by atoms with E-state index in [1.165, 1.54) is 6.07 Å². The summed E-state index contributed by atoms with van der Waals surface area (Å²) in [4.78, 5) is 14.2. The minimum absolute atomic E-state index is 0.00241. The molecule has 1 heterocycles. The third-order valence-corrected chi connectivity index (χ3v) is 4.86. The van der Waals surface area contributed by atoms with Crippen molar-refractivity contribution in [3.8, 4) is 0 Å². The Morgan fingerprint density at radius 2 is 2.17 bits per heavy atom. The van der Waals surface area contributed by atoms with E-state index in [0.29, 0.717) is 17.2 Å². The average molecular weight is 356 g/mol. The predicted octanol–water partition coefficient (Wildman–Crippen LogP) is 3.56. The summed E-state index contributed by atoms with van der Waals surface area (Å²) in [7, 11) is 0. The lowest BCUT2D eigenvalue weighted by Gasteiger charge is -2.25. The maximum absolute atomic E-state index is 14.0. The molecule has 132 valence electrons. The van der Waals surface area contributed by atoms with E-state index in [2.05, 4.69) is 0 Å². The van der Waals surface area contributed by atoms with E-state index in [9.17, 15) is 9.18 Å². The Bertz CT molecular complexity index is 553. The lowest BCUT2D eigenvalue weighted by atomic mass is 10.1. The van der Waals surface area contributed by atoms with Crippen LogP contribution in [0.25, 0.3) is 0 Å². The number of rotatable bonds is 7. The Morgan fingerprint density at radius 1 is 1.33 bits per heavy atom. The number of carbonyl (C=O) groups excluding carboxylic acids is 1. The first-order chi connectivity index (χ1) is 11.6. The maximum Gasteiger partial charge on any atom is 0.249 e. The van der Waals surface area contributed by atoms with Gasteiger partial charge in [-0.25, -0.2) is 4.39 Å². The van der Waals surface area contributed by atoms with Crippen molar-refractivity contribution in [1.82, 2.24) is 4.90 Å². The summed E-state index contributed by atoms with van der Waals surface area (Å²) in [5.41, 5.74) is 0.370. The van der Waals surface area contributed by atoms with Crippen LogP contribution in [0.3, 0.4) is 0 Å². The first-order valence-electron chi connectivity index (χ1n) is 8.57. The van der Waals surface area contributed by atoms with Crippen molar-refractivity contribution in [3.63, 3.8) is 0 Å². The number of ether oxygens (including phenoxy) is 2. The number of hydrogen-bond acceptors (Lipinski definition) is 3. The van der Waals surface area contributed by atoms with E-state index >= 15 is 0 Å². The highest BCUT2D eigenvalue weighted by Crippen LogP contribution is 2.30. The van der Waals surface area contributed by atoms with Crippen LogP contribution in [0.1, 0.15) is 37.7 Å². The van der Waals surface area contributed by atoms with Gasteiger partial charge >= 0.3 is 0 Å². The van der Waals surface area contributed by atoms with Crippen molar-refractivity contribution in [2.45, 2.75) is 50.8 Å². The van der Waals surface area contributed by atoms with Gasteiger partial charge in [-0.1, -0.05) is 17.7 Å². The Hall–Kier alpha value is -1.17. The van der Waals surface area contributed by atoms with Gasteiger partial charge in [0.25, 0.3) is 0 Å². The smallest absolute Gasteiger partial charge is 0.249 e. The third-order valence-electron chi connectivity index (χ3n) is 4.50. The molecule has 1 saturated carbocycles. The Kier molecular flexibility index (Phi) is 6.09. The molecule has 0 aromatic heterocycles. The summed E-state index contributed by atoms with van der Waals surface area (Å²) in [5, 5.41) is 0.352. The van der Waals surface area contributed by atoms with Crippen LogP contribution < -0.4 is 0 Å². The second kappa shape index (κ2) is 8.28. The second-order valence-electron chi connectivity index (χ2n) is 6.46. The van der Waals surface area contributed by atoms with Gasteiger partial charge in [-0.15, -0.1) is 0 Å². The largest absolute Gasteiger partial charge is 0.376 e. The second-order valence-corrected chi connectivity index (χ2v) is 6.86. The number of halogens is 2. The van der Waals surface area contributed by atoms with Gasteiger partial charge in [-0.2, -0.15) is 0 Å². The zero-order valence-electron chi connectivity index (χ0n) is 13.7. The lowest BCUT2D eigenvalue weighted by Crippen LogP contribution is -2.36. The van der Waals surface area contributed by atoms with E-state index in [1.54, 1.807) is 17.0 Å². The van der Waals surface area contributed by atoms with Crippen molar-refractivity contribution in [1.29, 1.82) is 0 Å². The molecule has 0 unspecified atom stereocenters. The molecule has 24 heavy (non-hydrogen) atoms. The number of nitrogens with zero attached hydrogens (tertiary/aromatic N) is 1. The molecule has 6 heteroatoms. The van der Waals surface area contributed by atoms with Gasteiger partial charge in [-0.3, -0.25) is 4.79 Å². The first-order valence-corrected chi connectivity index (χ1v) is 8.94. The summed E-state index contributed by atoms with van der Waals surface area (Å²) in [6.45, 7) is 1.40. The first kappa shape index (κ1) is 17.6. The molecule has 2 fully saturated rings. The standard InChI is InChI=1S/C18H23ClFNO3/c19-16-5-3-6-17(20)15(16)10-21(13-7-8-13)18(22)12-23-11-14-4-1-2-9-24-14/h3,5-6,13-14H,1-2,4,7-12H2/t14-/m0/s1. The van der Waals surface area contributed by atoms with Crippen molar-refractivity contribution >= 4 is 17.5 Å². The molecule has 1 aromatic rings. The highest BCUT2D eigenvalue weighted by molar-refractivity contribution is 6.31. The monoisotopic (exact) mass is 355 g/mol. The fraction of sp³-hybridized carbons (Fsp3) is 0.611. The molecule has 1 aliphatic carbocycles. The van der Waals surface area contributed by atoms with Crippen LogP contribution in [0.15, 0.2) is 18.2 Å². The molecule has 1 atom stereocenters. The summed E-state index contributed by atoms with van der Waals surface area (Å²) in [5.74, 6) is -0.495. The van der Waals surface area contributed by atoms with Crippen LogP contribution in [-0.2, 0) is 20.8 Å². The highest BCUT2D eigenvalue weighted by atomic mass is 35.5. The Morgan fingerprint density at radius 3 is 2.83 bits per heavy atom. The normalized spacial score (nSPS) is 20.8. The van der Waals surface area contributed by atoms with Crippen molar-refractivity contribution < 1.29 is 18.7 Å². The van der Waals surface area contributed by atoms with Crippen LogP contribution in [0, 0.1) is 5.82 Å². The van der Waals surface area contributed by atoms with Gasteiger partial charge < -0.3 is 14.4 Å². The van der Waals surface area contributed by atoms with Gasteiger partial charge in [0.05, 0.1) is 19.3 Å². The minimum Gasteiger partial charge on any atom is -0.376 e. The zero-order valence-corrected chi connectivity index (χ0v) is 14.4. The molecular formula is C18H23ClFNO3. The summed E-state index contributed by atoms with van der Waals surface area (Å²) in [6, 6.07) is 4.75. The third kappa shape index (κ3) is 4.68. The molecule has 1 aliphatic heterocycles. The molecule has 4 nitrogen and oxygen atoms in total. The molecule has 1 aromatic carbocycles. The molecular weight excluding hydrogens is 333 g/mol. The van der Waals surface area contributed by atoms with Gasteiger partial charge in [0.15, 0.2) is 0 Å². The predicted molar refractivity (Wildman–Crippen MR) is 89.4 cm³/mol. The molecule has 1 amide bonds. The quantitative estimate of drug-likeness (QED) is 0.750. The molecule has 2 aliphatic rings. The molecule has 0 bridgehead atoms. The zero-order chi connectivity index (χ0) is 16.9. The summed E-state index contributed by atoms with van der Waals surface area (Å²) >= 11 is 6.08. The molecule has 3 rings (SSSR count). The average Bonchev–Trinajstić information content (AvgIpc) is 3.40. The van der Waals surface area contributed by atoms with Gasteiger partial charge in [0.2, 0.25) is 5.91 Å². The van der Waals surface area contributed by atoms with Crippen LogP contribution in [0.2, 0.25) is 5.02 Å². The van der Waals surface area contributed by atoms with E-state index in [4.69, 9.17) is 21.1 Å². The van der Waals surface area contributed by atoms with Crippen LogP contribution in [0.5, 0.6) is 0 Å². The number of amides is 1. The van der Waals surface area contributed by atoms with Crippen LogP contribution >= 0.6 is 11.6 Å². The SMILES string of the molecule is O=C(COC[C@@H]1CCCCO1)N(Cc1c(F)cccc1Cl)C1CC1. The van der Waals surface area contributed by atoms with E-state index in [-0.39, 0.29) is 37.0 Å². The highest BCUT2D eigenvalue weighted by Gasteiger charge is 2.33. The summed E-state index contributed by atoms with van der Waals surface area (Å²) in [6.07, 6.45) is 5.19. The van der Waals surface area contributed by atoms with E-state index < -0.39 is 0 Å². The van der Waals surface area contributed by atoms with E-state index in [1.807, 2.05) is 0 Å². The van der Waals surface area contributed by atoms with Crippen LogP contribution in [-0.4, -0.2) is 42.8 Å². The number of hydrogen-bond donors (Lipinski definition) is 0. The van der Waals surface area contributed by atoms with Crippen molar-refractivity contribution in [2.24, 2.45) is 0 Å². The minimum atomic E-state index is -0.377. The maximum atomic E-state index is 14.0. The molecule has 0 N–H and O–H groups in total. The lowest BCUT2D eigenvalue weighted by molar-refractivity contribution is -0.139. The summed E-state index contributed by atoms with van der Waals surface area (Å²) < 4.78 is 25.1. The van der Waals surface area contributed by atoms with Gasteiger partial charge in [-0.05, 0) is 44.2 Å². The Balaban J connectivity index is 1.54. The van der Waals surface area contributed by atoms with Gasteiger partial charge in [0, 0.05) is 23.2 Å². The van der Waals surface area contributed by atoms with Gasteiger partial charge in [0.1, 0.15) is 12.4 Å². The van der Waals surface area contributed by atoms with Crippen molar-refractivity contribution in [3.05, 3.63) is 34.6 Å². The number of benzene rings is 1. The van der Waals surface area contributed by atoms with E-state index in [0.717, 1.165) is 38.7 Å². The Labute approximate surface area is 146 Å². The fourth-order valence-corrected chi connectivity index (χ4v) is 3.18. The van der Waals surface area contributed by atoms with Crippen molar-refractivity contribution in [2.75, 3.05) is 19.8 Å². The molecule has 0 radical (unpaired) electrons. The molecule has 0 spiro atoms. The topological polar surface area (TPSA) is 38.8 Å². The fourth-order valence-electron chi connectivity index (χ4n) is 2.96. The van der Waals surface area contributed by atoms with Crippen LogP contribution in [0.4, 0.5) is 4.39 Å². The number of carbonyl (C=O) groups is 1.